The van der Waals surface area contributed by atoms with Crippen molar-refractivity contribution < 1.29 is 14.1 Å². The molecule has 0 aliphatic heterocycles. The normalized spacial score (nSPS) is 11.3. The first kappa shape index (κ1) is 21.9. The lowest BCUT2D eigenvalue weighted by Crippen LogP contribution is -2.43. The zero-order chi connectivity index (χ0) is 24.0. The van der Waals surface area contributed by atoms with Gasteiger partial charge in [0, 0.05) is 22.1 Å². The summed E-state index contributed by atoms with van der Waals surface area (Å²) in [5.74, 6) is -0.455. The second kappa shape index (κ2) is 9.93. The molecule has 3 heterocycles. The Hall–Kier alpha value is -4.90. The maximum atomic E-state index is 13.2. The fourth-order valence-electron chi connectivity index (χ4n) is 3.21. The van der Waals surface area contributed by atoms with E-state index >= 15 is 0 Å². The Morgan fingerprint density at radius 2 is 1.66 bits per heavy atom. The number of hydrazine groups is 1. The number of nitrogens with zero attached hydrogens (tertiary/aromatic N) is 5. The van der Waals surface area contributed by atoms with Gasteiger partial charge in [0.2, 0.25) is 0 Å². The molecule has 0 unspecified atom stereocenters. The Labute approximate surface area is 202 Å². The molecule has 0 spiro atoms. The minimum Gasteiger partial charge on any atom is -0.355 e. The SMILES string of the molecule is O=C(NNC(=O)c1cc(-c2ccccc2)on1)/C(=C\c1cccs1)n1nnnc1-c1ccccc1. The van der Waals surface area contributed by atoms with Crippen molar-refractivity contribution in [3.8, 4) is 22.7 Å². The van der Waals surface area contributed by atoms with E-state index in [9.17, 15) is 9.59 Å². The van der Waals surface area contributed by atoms with Crippen LogP contribution in [-0.2, 0) is 4.79 Å². The van der Waals surface area contributed by atoms with E-state index in [0.29, 0.717) is 11.6 Å². The minimum atomic E-state index is -0.639. The van der Waals surface area contributed by atoms with E-state index in [2.05, 4.69) is 31.5 Å². The van der Waals surface area contributed by atoms with Crippen LogP contribution in [0.15, 0.2) is 88.8 Å². The van der Waals surface area contributed by atoms with Gasteiger partial charge >= 0.3 is 0 Å². The summed E-state index contributed by atoms with van der Waals surface area (Å²) in [6, 6.07) is 23.7. The zero-order valence-corrected chi connectivity index (χ0v) is 18.8. The Bertz CT molecular complexity index is 1480. The number of benzene rings is 2. The molecule has 3 aromatic heterocycles. The number of aromatic nitrogens is 5. The first-order chi connectivity index (χ1) is 17.2. The topological polar surface area (TPSA) is 128 Å². The Balaban J connectivity index is 1.37. The number of rotatable bonds is 6. The molecule has 172 valence electrons. The summed E-state index contributed by atoms with van der Waals surface area (Å²) >= 11 is 1.44. The van der Waals surface area contributed by atoms with Gasteiger partial charge in [-0.1, -0.05) is 71.9 Å². The van der Waals surface area contributed by atoms with Crippen LogP contribution in [0.2, 0.25) is 0 Å². The van der Waals surface area contributed by atoms with Crippen LogP contribution >= 0.6 is 11.3 Å². The summed E-state index contributed by atoms with van der Waals surface area (Å²) in [6.07, 6.45) is 1.64. The average molecular weight is 484 g/mol. The molecule has 2 N–H and O–H groups in total. The standard InChI is InChI=1S/C24H17N7O3S/c32-23(19-15-21(34-28-19)16-8-3-1-4-9-16)26-27-24(33)20(14-18-12-7-13-35-18)31-22(25-29-30-31)17-10-5-2-6-11-17/h1-15H,(H,26,32)(H,27,33)/b20-14+. The lowest BCUT2D eigenvalue weighted by molar-refractivity contribution is -0.116. The summed E-state index contributed by atoms with van der Waals surface area (Å²) in [5, 5.41) is 17.5. The molecule has 0 saturated heterocycles. The molecule has 0 fully saturated rings. The van der Waals surface area contributed by atoms with Crippen LogP contribution in [0.1, 0.15) is 15.4 Å². The van der Waals surface area contributed by atoms with Crippen LogP contribution in [0.5, 0.6) is 0 Å². The molecule has 0 saturated carbocycles. The number of hydrogen-bond donors (Lipinski definition) is 2. The molecular formula is C24H17N7O3S. The van der Waals surface area contributed by atoms with Crippen molar-refractivity contribution in [3.63, 3.8) is 0 Å². The zero-order valence-electron chi connectivity index (χ0n) is 18.0. The summed E-state index contributed by atoms with van der Waals surface area (Å²) in [5.41, 5.74) is 6.40. The first-order valence-corrected chi connectivity index (χ1v) is 11.3. The van der Waals surface area contributed by atoms with Gasteiger partial charge in [-0.25, -0.2) is 0 Å². The van der Waals surface area contributed by atoms with Crippen molar-refractivity contribution in [2.24, 2.45) is 0 Å². The third-order valence-corrected chi connectivity index (χ3v) is 5.69. The number of amides is 2. The van der Waals surface area contributed by atoms with E-state index in [-0.39, 0.29) is 11.4 Å². The number of carbonyl (C=O) groups excluding carboxylic acids is 2. The molecular weight excluding hydrogens is 466 g/mol. The molecule has 0 aliphatic rings. The fraction of sp³-hybridized carbons (Fsp3) is 0. The fourth-order valence-corrected chi connectivity index (χ4v) is 3.86. The lowest BCUT2D eigenvalue weighted by atomic mass is 10.1. The summed E-state index contributed by atoms with van der Waals surface area (Å²) in [7, 11) is 0. The molecule has 0 aliphatic carbocycles. The predicted molar refractivity (Wildman–Crippen MR) is 129 cm³/mol. The Morgan fingerprint density at radius 1 is 0.914 bits per heavy atom. The largest absolute Gasteiger partial charge is 0.355 e. The van der Waals surface area contributed by atoms with E-state index in [0.717, 1.165) is 16.0 Å². The van der Waals surface area contributed by atoms with E-state index in [4.69, 9.17) is 4.52 Å². The Kier molecular flexibility index (Phi) is 6.22. The lowest BCUT2D eigenvalue weighted by Gasteiger charge is -2.10. The van der Waals surface area contributed by atoms with Gasteiger partial charge in [-0.05, 0) is 27.9 Å². The number of carbonyl (C=O) groups is 2. The van der Waals surface area contributed by atoms with Crippen molar-refractivity contribution in [3.05, 3.63) is 94.8 Å². The number of tetrazole rings is 1. The molecule has 2 aromatic carbocycles. The maximum Gasteiger partial charge on any atom is 0.291 e. The van der Waals surface area contributed by atoms with Gasteiger partial charge in [0.25, 0.3) is 11.8 Å². The second-order valence-electron chi connectivity index (χ2n) is 7.18. The molecule has 2 amide bonds. The molecule has 35 heavy (non-hydrogen) atoms. The highest BCUT2D eigenvalue weighted by atomic mass is 32.1. The van der Waals surface area contributed by atoms with Gasteiger partial charge in [-0.2, -0.15) is 4.68 Å². The highest BCUT2D eigenvalue weighted by Crippen LogP contribution is 2.22. The molecule has 5 aromatic rings. The van der Waals surface area contributed by atoms with Crippen molar-refractivity contribution in [1.29, 1.82) is 0 Å². The van der Waals surface area contributed by atoms with Gasteiger partial charge in [0.1, 0.15) is 5.70 Å². The third kappa shape index (κ3) is 4.89. The quantitative estimate of drug-likeness (QED) is 0.279. The van der Waals surface area contributed by atoms with E-state index in [1.807, 2.05) is 78.2 Å². The average Bonchev–Trinajstić information content (AvgIpc) is 3.68. The highest BCUT2D eigenvalue weighted by Gasteiger charge is 2.21. The highest BCUT2D eigenvalue weighted by molar-refractivity contribution is 7.10. The summed E-state index contributed by atoms with van der Waals surface area (Å²) < 4.78 is 6.58. The van der Waals surface area contributed by atoms with Gasteiger partial charge in [0.05, 0.1) is 0 Å². The molecule has 0 atom stereocenters. The van der Waals surface area contributed by atoms with Gasteiger partial charge < -0.3 is 4.52 Å². The molecule has 10 nitrogen and oxygen atoms in total. The number of hydrogen-bond acceptors (Lipinski definition) is 8. The monoisotopic (exact) mass is 483 g/mol. The van der Waals surface area contributed by atoms with Gasteiger partial charge in [0.15, 0.2) is 17.3 Å². The molecule has 5 rings (SSSR count). The van der Waals surface area contributed by atoms with E-state index in [1.165, 1.54) is 22.1 Å². The second-order valence-corrected chi connectivity index (χ2v) is 8.16. The van der Waals surface area contributed by atoms with E-state index in [1.54, 1.807) is 6.08 Å². The van der Waals surface area contributed by atoms with Crippen LogP contribution in [0.3, 0.4) is 0 Å². The molecule has 0 radical (unpaired) electrons. The van der Waals surface area contributed by atoms with Crippen LogP contribution in [-0.4, -0.2) is 37.2 Å². The van der Waals surface area contributed by atoms with Crippen molar-refractivity contribution in [2.45, 2.75) is 0 Å². The van der Waals surface area contributed by atoms with Crippen molar-refractivity contribution in [2.75, 3.05) is 0 Å². The van der Waals surface area contributed by atoms with Gasteiger partial charge in [-0.3, -0.25) is 20.4 Å². The number of nitrogens with one attached hydrogen (secondary N) is 2. The maximum absolute atomic E-state index is 13.2. The molecule has 0 bridgehead atoms. The summed E-state index contributed by atoms with van der Waals surface area (Å²) in [4.78, 5) is 26.6. The van der Waals surface area contributed by atoms with Crippen molar-refractivity contribution in [1.82, 2.24) is 36.2 Å². The smallest absolute Gasteiger partial charge is 0.291 e. The van der Waals surface area contributed by atoms with E-state index < -0.39 is 11.8 Å². The predicted octanol–water partition coefficient (Wildman–Crippen LogP) is 3.52. The van der Waals surface area contributed by atoms with Crippen molar-refractivity contribution >= 4 is 34.9 Å². The van der Waals surface area contributed by atoms with Crippen LogP contribution in [0, 0.1) is 0 Å². The third-order valence-electron chi connectivity index (χ3n) is 4.88. The van der Waals surface area contributed by atoms with Gasteiger partial charge in [-0.15, -0.1) is 16.4 Å². The minimum absolute atomic E-state index is 0.0142. The summed E-state index contributed by atoms with van der Waals surface area (Å²) in [6.45, 7) is 0. The Morgan fingerprint density at radius 3 is 2.37 bits per heavy atom. The van der Waals surface area contributed by atoms with Crippen LogP contribution in [0.25, 0.3) is 34.5 Å². The van der Waals surface area contributed by atoms with Crippen LogP contribution < -0.4 is 10.9 Å². The molecule has 11 heteroatoms. The number of thiophene rings is 1. The first-order valence-electron chi connectivity index (χ1n) is 10.4. The van der Waals surface area contributed by atoms with Crippen LogP contribution in [0.4, 0.5) is 0 Å².